The number of piperazine rings is 1. The van der Waals surface area contributed by atoms with Crippen LogP contribution >= 0.6 is 0 Å². The lowest BCUT2D eigenvalue weighted by Crippen LogP contribution is -2.49. The van der Waals surface area contributed by atoms with Crippen LogP contribution in [0.3, 0.4) is 0 Å². The molecule has 1 amide bonds. The number of aromatic nitrogens is 2. The molecule has 28 heavy (non-hydrogen) atoms. The number of anilines is 2. The average molecular weight is 378 g/mol. The largest absolute Gasteiger partial charge is 0.399 e. The van der Waals surface area contributed by atoms with Crippen LogP contribution in [0.1, 0.15) is 36.1 Å². The minimum absolute atomic E-state index is 0.0255. The molecule has 1 saturated heterocycles. The van der Waals surface area contributed by atoms with Crippen LogP contribution in [0, 0.1) is 0 Å². The van der Waals surface area contributed by atoms with Crippen molar-refractivity contribution >= 4 is 28.2 Å². The molecule has 2 aromatic heterocycles. The van der Waals surface area contributed by atoms with Crippen molar-refractivity contribution in [2.45, 2.75) is 25.9 Å². The molecule has 1 fully saturated rings. The molecule has 1 aliphatic rings. The summed E-state index contributed by atoms with van der Waals surface area (Å²) < 4.78 is 0. The zero-order chi connectivity index (χ0) is 19.7. The van der Waals surface area contributed by atoms with Crippen LogP contribution in [0.25, 0.3) is 10.9 Å². The van der Waals surface area contributed by atoms with Crippen molar-refractivity contribution in [3.05, 3.63) is 54.0 Å². The second-order valence-electron chi connectivity index (χ2n) is 7.48. The highest BCUT2D eigenvalue weighted by molar-refractivity contribution is 5.99. The van der Waals surface area contributed by atoms with E-state index in [2.05, 4.69) is 34.4 Å². The predicted octanol–water partition coefficient (Wildman–Crippen LogP) is 2.75. The first-order chi connectivity index (χ1) is 13.5. The third kappa shape index (κ3) is 3.53. The van der Waals surface area contributed by atoms with Crippen LogP contribution in [0.5, 0.6) is 0 Å². The van der Waals surface area contributed by atoms with Gasteiger partial charge in [0, 0.05) is 48.5 Å². The van der Waals surface area contributed by atoms with Crippen molar-refractivity contribution < 1.29 is 4.79 Å². The summed E-state index contributed by atoms with van der Waals surface area (Å²) >= 11 is 0. The number of rotatable bonds is 4. The monoisotopic (exact) mass is 378 g/mol. The fourth-order valence-corrected chi connectivity index (χ4v) is 3.73. The number of hydrogen-bond acceptors (Lipinski definition) is 5. The van der Waals surface area contributed by atoms with E-state index in [4.69, 9.17) is 5.73 Å². The Morgan fingerprint density at radius 3 is 3.00 bits per heavy atom. The van der Waals surface area contributed by atoms with Gasteiger partial charge in [0.05, 0.1) is 17.4 Å². The molecule has 0 spiro atoms. The molecule has 0 saturated carbocycles. The lowest BCUT2D eigenvalue weighted by Gasteiger charge is -2.36. The maximum absolute atomic E-state index is 13.4. The average Bonchev–Trinajstić information content (AvgIpc) is 3.10. The van der Waals surface area contributed by atoms with Gasteiger partial charge in [0.25, 0.3) is 5.91 Å². The van der Waals surface area contributed by atoms with Gasteiger partial charge >= 0.3 is 0 Å². The zero-order valence-corrected chi connectivity index (χ0v) is 16.2. The number of H-pyrrole nitrogens is 1. The maximum atomic E-state index is 13.4. The summed E-state index contributed by atoms with van der Waals surface area (Å²) in [5, 5.41) is 7.78. The van der Waals surface area contributed by atoms with E-state index in [1.807, 2.05) is 41.3 Å². The summed E-state index contributed by atoms with van der Waals surface area (Å²) in [6.45, 7) is 6.24. The van der Waals surface area contributed by atoms with Gasteiger partial charge in [0.15, 0.2) is 0 Å². The smallest absolute Gasteiger partial charge is 0.270 e. The molecule has 0 bridgehead atoms. The Bertz CT molecular complexity index is 995. The third-order valence-electron chi connectivity index (χ3n) is 4.98. The van der Waals surface area contributed by atoms with Gasteiger partial charge in [0.1, 0.15) is 5.69 Å². The number of nitrogens with two attached hydrogens (primary N) is 1. The predicted molar refractivity (Wildman–Crippen MR) is 112 cm³/mol. The van der Waals surface area contributed by atoms with Gasteiger partial charge < -0.3 is 26.3 Å². The molecule has 1 aliphatic heterocycles. The van der Waals surface area contributed by atoms with E-state index in [0.717, 1.165) is 28.8 Å². The molecule has 0 radical (unpaired) electrons. The number of amides is 1. The minimum atomic E-state index is -0.139. The number of nitrogens with one attached hydrogen (secondary N) is 3. The molecule has 5 N–H and O–H groups in total. The Morgan fingerprint density at radius 2 is 2.18 bits per heavy atom. The maximum Gasteiger partial charge on any atom is 0.270 e. The Balaban J connectivity index is 1.68. The van der Waals surface area contributed by atoms with E-state index in [9.17, 15) is 4.79 Å². The van der Waals surface area contributed by atoms with Gasteiger partial charge in [0.2, 0.25) is 0 Å². The first kappa shape index (κ1) is 18.3. The van der Waals surface area contributed by atoms with Crippen LogP contribution in [0.2, 0.25) is 0 Å². The number of aromatic amines is 1. The van der Waals surface area contributed by atoms with Crippen LogP contribution in [0.15, 0.2) is 42.6 Å². The molecule has 1 atom stereocenters. The normalized spacial score (nSPS) is 17.2. The van der Waals surface area contributed by atoms with Crippen molar-refractivity contribution in [1.29, 1.82) is 0 Å². The zero-order valence-electron chi connectivity index (χ0n) is 16.2. The molecule has 3 heterocycles. The van der Waals surface area contributed by atoms with E-state index in [0.29, 0.717) is 24.5 Å². The molecule has 4 rings (SSSR count). The Hall–Kier alpha value is -3.06. The second kappa shape index (κ2) is 7.52. The van der Waals surface area contributed by atoms with Gasteiger partial charge in [-0.1, -0.05) is 0 Å². The number of benzene rings is 1. The van der Waals surface area contributed by atoms with E-state index in [1.165, 1.54) is 0 Å². The van der Waals surface area contributed by atoms with Gasteiger partial charge in [-0.2, -0.15) is 0 Å². The summed E-state index contributed by atoms with van der Waals surface area (Å²) in [5.41, 5.74) is 9.89. The van der Waals surface area contributed by atoms with Crippen LogP contribution < -0.4 is 16.4 Å². The topological polar surface area (TPSA) is 99.1 Å². The molecule has 1 unspecified atom stereocenters. The second-order valence-corrected chi connectivity index (χ2v) is 7.48. The number of pyridine rings is 1. The number of nitrogen functional groups attached to an aromatic ring is 1. The standard InChI is InChI=1S/C21H26N6O/c1-13(2)25-17-4-3-7-24-20(17)19-12-23-8-9-27(19)21(28)18-11-14-10-15(22)5-6-16(14)26-18/h3-7,10-11,13,19,23,25-26H,8-9,12,22H2,1-2H3. The lowest BCUT2D eigenvalue weighted by atomic mass is 10.1. The molecule has 0 aliphatic carbocycles. The van der Waals surface area contributed by atoms with Crippen molar-refractivity contribution in [3.63, 3.8) is 0 Å². The summed E-state index contributed by atoms with van der Waals surface area (Å²) in [7, 11) is 0. The molecular weight excluding hydrogens is 352 g/mol. The Labute approximate surface area is 164 Å². The molecule has 7 nitrogen and oxygen atoms in total. The van der Waals surface area contributed by atoms with Crippen molar-refractivity contribution in [1.82, 2.24) is 20.2 Å². The minimum Gasteiger partial charge on any atom is -0.399 e. The molecule has 3 aromatic rings. The Kier molecular flexibility index (Phi) is 4.92. The summed E-state index contributed by atoms with van der Waals surface area (Å²) in [6.07, 6.45) is 1.78. The summed E-state index contributed by atoms with van der Waals surface area (Å²) in [5.74, 6) is -0.0255. The highest BCUT2D eigenvalue weighted by Gasteiger charge is 2.32. The van der Waals surface area contributed by atoms with E-state index in [1.54, 1.807) is 6.20 Å². The fraction of sp³-hybridized carbons (Fsp3) is 0.333. The summed E-state index contributed by atoms with van der Waals surface area (Å²) in [6, 6.07) is 11.6. The van der Waals surface area contributed by atoms with Crippen LogP contribution in [-0.4, -0.2) is 46.5 Å². The number of carbonyl (C=O) groups is 1. The van der Waals surface area contributed by atoms with Gasteiger partial charge in [-0.15, -0.1) is 0 Å². The first-order valence-corrected chi connectivity index (χ1v) is 9.64. The van der Waals surface area contributed by atoms with E-state index < -0.39 is 0 Å². The number of nitrogens with zero attached hydrogens (tertiary/aromatic N) is 2. The van der Waals surface area contributed by atoms with E-state index >= 15 is 0 Å². The van der Waals surface area contributed by atoms with Crippen molar-refractivity contribution in [2.75, 3.05) is 30.7 Å². The lowest BCUT2D eigenvalue weighted by molar-refractivity contribution is 0.0625. The molecule has 1 aromatic carbocycles. The number of carbonyl (C=O) groups excluding carboxylic acids is 1. The first-order valence-electron chi connectivity index (χ1n) is 9.64. The molecule has 146 valence electrons. The fourth-order valence-electron chi connectivity index (χ4n) is 3.73. The van der Waals surface area contributed by atoms with Gasteiger partial charge in [-0.3, -0.25) is 9.78 Å². The van der Waals surface area contributed by atoms with Gasteiger partial charge in [-0.25, -0.2) is 0 Å². The number of fused-ring (bicyclic) bond motifs is 1. The highest BCUT2D eigenvalue weighted by atomic mass is 16.2. The van der Waals surface area contributed by atoms with E-state index in [-0.39, 0.29) is 18.0 Å². The van der Waals surface area contributed by atoms with Crippen molar-refractivity contribution in [3.8, 4) is 0 Å². The van der Waals surface area contributed by atoms with Gasteiger partial charge in [-0.05, 0) is 50.2 Å². The quantitative estimate of drug-likeness (QED) is 0.523. The number of hydrogen-bond donors (Lipinski definition) is 4. The molecular formula is C21H26N6O. The highest BCUT2D eigenvalue weighted by Crippen LogP contribution is 2.29. The van der Waals surface area contributed by atoms with Crippen molar-refractivity contribution in [2.24, 2.45) is 0 Å². The Morgan fingerprint density at radius 1 is 1.32 bits per heavy atom. The van der Waals surface area contributed by atoms with Crippen LogP contribution in [-0.2, 0) is 0 Å². The summed E-state index contributed by atoms with van der Waals surface area (Å²) in [4.78, 5) is 23.1. The molecule has 7 heteroatoms. The SMILES string of the molecule is CC(C)Nc1cccnc1C1CNCCN1C(=O)c1cc2cc(N)ccc2[nH]1. The third-order valence-corrected chi connectivity index (χ3v) is 4.98. The van der Waals surface area contributed by atoms with Crippen LogP contribution in [0.4, 0.5) is 11.4 Å².